The van der Waals surface area contributed by atoms with E-state index in [0.717, 1.165) is 31.5 Å². The summed E-state index contributed by atoms with van der Waals surface area (Å²) in [6.07, 6.45) is 1.67. The van der Waals surface area contributed by atoms with Gasteiger partial charge in [0.15, 0.2) is 0 Å². The summed E-state index contributed by atoms with van der Waals surface area (Å²) in [6, 6.07) is 11.4. The molecule has 1 aliphatic heterocycles. The maximum atomic E-state index is 13.0. The summed E-state index contributed by atoms with van der Waals surface area (Å²) >= 11 is 0. The van der Waals surface area contributed by atoms with Crippen LogP contribution >= 0.6 is 0 Å². The quantitative estimate of drug-likeness (QED) is 0.831. The number of carbonyl (C=O) groups is 1. The molecule has 5 nitrogen and oxygen atoms in total. The number of methoxy groups -OCH3 is 1. The van der Waals surface area contributed by atoms with E-state index in [-0.39, 0.29) is 17.6 Å². The third-order valence-electron chi connectivity index (χ3n) is 4.41. The summed E-state index contributed by atoms with van der Waals surface area (Å²) < 4.78 is 24.1. The van der Waals surface area contributed by atoms with E-state index < -0.39 is 0 Å². The van der Waals surface area contributed by atoms with Crippen LogP contribution in [0.1, 0.15) is 18.4 Å². The first kappa shape index (κ1) is 18.2. The van der Waals surface area contributed by atoms with Crippen molar-refractivity contribution in [3.63, 3.8) is 0 Å². The molecule has 1 fully saturated rings. The molecule has 26 heavy (non-hydrogen) atoms. The molecule has 0 unspecified atom stereocenters. The minimum Gasteiger partial charge on any atom is -0.497 e. The SMILES string of the molecule is COc1cc(NC(=O)C2CCNCC2)cc(OCc2ccc(F)cc2)c1. The molecule has 6 heteroatoms. The molecule has 3 rings (SSSR count). The van der Waals surface area contributed by atoms with Gasteiger partial charge in [0.2, 0.25) is 5.91 Å². The molecule has 0 atom stereocenters. The van der Waals surface area contributed by atoms with Crippen molar-refractivity contribution in [2.45, 2.75) is 19.4 Å². The Morgan fingerprint density at radius 2 is 1.85 bits per heavy atom. The summed E-state index contributed by atoms with van der Waals surface area (Å²) in [5.74, 6) is 0.935. The van der Waals surface area contributed by atoms with Gasteiger partial charge in [-0.15, -0.1) is 0 Å². The fourth-order valence-electron chi connectivity index (χ4n) is 2.92. The van der Waals surface area contributed by atoms with Crippen LogP contribution in [0.4, 0.5) is 10.1 Å². The third-order valence-corrected chi connectivity index (χ3v) is 4.41. The Morgan fingerprint density at radius 1 is 1.15 bits per heavy atom. The molecule has 0 bridgehead atoms. The number of amides is 1. The van der Waals surface area contributed by atoms with Crippen molar-refractivity contribution in [3.8, 4) is 11.5 Å². The summed E-state index contributed by atoms with van der Waals surface area (Å²) in [5, 5.41) is 6.21. The van der Waals surface area contributed by atoms with E-state index in [0.29, 0.717) is 23.8 Å². The predicted octanol–water partition coefficient (Wildman–Crippen LogP) is 3.35. The van der Waals surface area contributed by atoms with Crippen LogP contribution in [-0.2, 0) is 11.4 Å². The van der Waals surface area contributed by atoms with E-state index in [1.54, 1.807) is 37.4 Å². The Morgan fingerprint density at radius 3 is 2.54 bits per heavy atom. The lowest BCUT2D eigenvalue weighted by Gasteiger charge is -2.22. The number of anilines is 1. The Kier molecular flexibility index (Phi) is 6.07. The standard InChI is InChI=1S/C20H23FN2O3/c1-25-18-10-17(23-20(24)15-6-8-22-9-7-15)11-19(12-18)26-13-14-2-4-16(21)5-3-14/h2-5,10-12,15,22H,6-9,13H2,1H3,(H,23,24). The Hall–Kier alpha value is -2.60. The number of halogens is 1. The van der Waals surface area contributed by atoms with Gasteiger partial charge in [-0.25, -0.2) is 4.39 Å². The lowest BCUT2D eigenvalue weighted by molar-refractivity contribution is -0.120. The van der Waals surface area contributed by atoms with Gasteiger partial charge in [-0.3, -0.25) is 4.79 Å². The number of hydrogen-bond donors (Lipinski definition) is 2. The zero-order valence-corrected chi connectivity index (χ0v) is 14.8. The van der Waals surface area contributed by atoms with Gasteiger partial charge in [0.05, 0.1) is 7.11 Å². The molecule has 1 aliphatic rings. The van der Waals surface area contributed by atoms with Gasteiger partial charge in [0.1, 0.15) is 23.9 Å². The third kappa shape index (κ3) is 4.95. The first-order chi connectivity index (χ1) is 12.6. The van der Waals surface area contributed by atoms with Crippen LogP contribution in [0, 0.1) is 11.7 Å². The van der Waals surface area contributed by atoms with Crippen molar-refractivity contribution in [2.75, 3.05) is 25.5 Å². The Bertz CT molecular complexity index is 743. The maximum absolute atomic E-state index is 13.0. The van der Waals surface area contributed by atoms with Crippen molar-refractivity contribution < 1.29 is 18.7 Å². The van der Waals surface area contributed by atoms with Gasteiger partial charge < -0.3 is 20.1 Å². The molecule has 0 saturated carbocycles. The van der Waals surface area contributed by atoms with Gasteiger partial charge in [-0.2, -0.15) is 0 Å². The first-order valence-corrected chi connectivity index (χ1v) is 8.72. The molecule has 0 aliphatic carbocycles. The van der Waals surface area contributed by atoms with Crippen molar-refractivity contribution in [3.05, 3.63) is 53.8 Å². The predicted molar refractivity (Wildman–Crippen MR) is 97.9 cm³/mol. The van der Waals surface area contributed by atoms with Crippen LogP contribution in [-0.4, -0.2) is 26.1 Å². The topological polar surface area (TPSA) is 59.6 Å². The highest BCUT2D eigenvalue weighted by Gasteiger charge is 2.21. The highest BCUT2D eigenvalue weighted by atomic mass is 19.1. The molecule has 2 aromatic carbocycles. The van der Waals surface area contributed by atoms with Crippen molar-refractivity contribution >= 4 is 11.6 Å². The minimum atomic E-state index is -0.280. The zero-order valence-electron chi connectivity index (χ0n) is 14.8. The van der Waals surface area contributed by atoms with E-state index in [1.165, 1.54) is 12.1 Å². The number of rotatable bonds is 6. The normalized spacial score (nSPS) is 14.7. The van der Waals surface area contributed by atoms with Crippen LogP contribution in [0.15, 0.2) is 42.5 Å². The Balaban J connectivity index is 1.67. The van der Waals surface area contributed by atoms with E-state index in [1.807, 2.05) is 0 Å². The van der Waals surface area contributed by atoms with Crippen LogP contribution in [0.3, 0.4) is 0 Å². The molecule has 138 valence electrons. The van der Waals surface area contributed by atoms with E-state index in [9.17, 15) is 9.18 Å². The van der Waals surface area contributed by atoms with Crippen LogP contribution < -0.4 is 20.1 Å². The highest BCUT2D eigenvalue weighted by molar-refractivity contribution is 5.93. The lowest BCUT2D eigenvalue weighted by Crippen LogP contribution is -2.34. The maximum Gasteiger partial charge on any atom is 0.227 e. The van der Waals surface area contributed by atoms with Gasteiger partial charge in [-0.1, -0.05) is 12.1 Å². The van der Waals surface area contributed by atoms with Gasteiger partial charge in [0, 0.05) is 29.8 Å². The average Bonchev–Trinajstić information content (AvgIpc) is 2.68. The number of hydrogen-bond acceptors (Lipinski definition) is 4. The fraction of sp³-hybridized carbons (Fsp3) is 0.350. The van der Waals surface area contributed by atoms with Gasteiger partial charge in [0.25, 0.3) is 0 Å². The van der Waals surface area contributed by atoms with Crippen LogP contribution in [0.2, 0.25) is 0 Å². The molecule has 1 amide bonds. The summed E-state index contributed by atoms with van der Waals surface area (Å²) in [6.45, 7) is 2.03. The van der Waals surface area contributed by atoms with Crippen LogP contribution in [0.5, 0.6) is 11.5 Å². The fourth-order valence-corrected chi connectivity index (χ4v) is 2.92. The van der Waals surface area contributed by atoms with Crippen molar-refractivity contribution in [1.29, 1.82) is 0 Å². The molecular weight excluding hydrogens is 335 g/mol. The summed E-state index contributed by atoms with van der Waals surface area (Å²) in [7, 11) is 1.57. The second-order valence-electron chi connectivity index (χ2n) is 6.33. The van der Waals surface area contributed by atoms with Crippen molar-refractivity contribution in [1.82, 2.24) is 5.32 Å². The van der Waals surface area contributed by atoms with Crippen LogP contribution in [0.25, 0.3) is 0 Å². The Labute approximate surface area is 152 Å². The minimum absolute atomic E-state index is 0.0178. The molecule has 0 aromatic heterocycles. The largest absolute Gasteiger partial charge is 0.497 e. The number of nitrogens with one attached hydrogen (secondary N) is 2. The average molecular weight is 358 g/mol. The first-order valence-electron chi connectivity index (χ1n) is 8.72. The van der Waals surface area contributed by atoms with E-state index in [4.69, 9.17) is 9.47 Å². The second kappa shape index (κ2) is 8.67. The molecule has 1 heterocycles. The molecule has 2 aromatic rings. The zero-order chi connectivity index (χ0) is 18.4. The molecule has 0 radical (unpaired) electrons. The monoisotopic (exact) mass is 358 g/mol. The number of carbonyl (C=O) groups excluding carboxylic acids is 1. The molecular formula is C20H23FN2O3. The highest BCUT2D eigenvalue weighted by Crippen LogP contribution is 2.27. The lowest BCUT2D eigenvalue weighted by atomic mass is 9.97. The van der Waals surface area contributed by atoms with Gasteiger partial charge in [-0.05, 0) is 43.6 Å². The van der Waals surface area contributed by atoms with E-state index in [2.05, 4.69) is 10.6 Å². The summed E-state index contributed by atoms with van der Waals surface area (Å²) in [5.41, 5.74) is 1.50. The number of piperidine rings is 1. The second-order valence-corrected chi connectivity index (χ2v) is 6.33. The molecule has 1 saturated heterocycles. The number of ether oxygens (including phenoxy) is 2. The molecule has 2 N–H and O–H groups in total. The van der Waals surface area contributed by atoms with E-state index >= 15 is 0 Å². The number of benzene rings is 2. The summed E-state index contributed by atoms with van der Waals surface area (Å²) in [4.78, 5) is 12.4. The van der Waals surface area contributed by atoms with Gasteiger partial charge >= 0.3 is 0 Å². The van der Waals surface area contributed by atoms with Crippen molar-refractivity contribution in [2.24, 2.45) is 5.92 Å². The molecule has 0 spiro atoms. The smallest absolute Gasteiger partial charge is 0.227 e.